The summed E-state index contributed by atoms with van der Waals surface area (Å²) < 4.78 is 33.2. The fraction of sp³-hybridized carbons (Fsp3) is 0.333. The van der Waals surface area contributed by atoms with Crippen molar-refractivity contribution in [2.24, 2.45) is 0 Å². The number of rotatable bonds is 7. The van der Waals surface area contributed by atoms with Crippen LogP contribution in [0.3, 0.4) is 0 Å². The zero-order chi connectivity index (χ0) is 17.7. The molecule has 24 heavy (non-hydrogen) atoms. The molecule has 6 heteroatoms. The quantitative estimate of drug-likeness (QED) is 0.773. The number of hydrogen-bond acceptors (Lipinski definition) is 3. The van der Waals surface area contributed by atoms with Crippen LogP contribution in [0.4, 0.5) is 0 Å². The Morgan fingerprint density at radius 3 is 2.08 bits per heavy atom. The highest BCUT2D eigenvalue weighted by Gasteiger charge is 2.23. The second kappa shape index (κ2) is 7.79. The minimum absolute atomic E-state index is 0.289. The summed E-state index contributed by atoms with van der Waals surface area (Å²) in [5.41, 5.74) is 2.99. The Kier molecular flexibility index (Phi) is 5.99. The van der Waals surface area contributed by atoms with Crippen molar-refractivity contribution in [2.75, 3.05) is 21.2 Å². The predicted molar refractivity (Wildman–Crippen MR) is 96.0 cm³/mol. The van der Waals surface area contributed by atoms with Crippen LogP contribution >= 0.6 is 0 Å². The first-order valence-electron chi connectivity index (χ1n) is 7.69. The van der Waals surface area contributed by atoms with E-state index in [1.54, 1.807) is 21.2 Å². The van der Waals surface area contributed by atoms with Crippen molar-refractivity contribution in [2.45, 2.75) is 20.0 Å². The van der Waals surface area contributed by atoms with Gasteiger partial charge in [-0.05, 0) is 30.2 Å². The average molecular weight is 348 g/mol. The highest BCUT2D eigenvalue weighted by molar-refractivity contribution is 7.86. The molecule has 5 nitrogen and oxygen atoms in total. The molecule has 0 aliphatic rings. The zero-order valence-electron chi connectivity index (χ0n) is 14.6. The predicted octanol–water partition coefficient (Wildman–Crippen LogP) is 2.81. The van der Waals surface area contributed by atoms with Gasteiger partial charge in [-0.1, -0.05) is 42.0 Å². The van der Waals surface area contributed by atoms with Crippen LogP contribution in [0, 0.1) is 6.92 Å². The van der Waals surface area contributed by atoms with Crippen LogP contribution in [0.25, 0.3) is 0 Å². The third-order valence-electron chi connectivity index (χ3n) is 3.85. The molecule has 0 radical (unpaired) electrons. The average Bonchev–Trinajstić information content (AvgIpc) is 2.57. The fourth-order valence-electron chi connectivity index (χ4n) is 2.38. The van der Waals surface area contributed by atoms with Gasteiger partial charge in [-0.25, -0.2) is 0 Å². The molecule has 0 unspecified atom stereocenters. The third kappa shape index (κ3) is 4.56. The summed E-state index contributed by atoms with van der Waals surface area (Å²) >= 11 is 0. The molecule has 0 heterocycles. The molecule has 2 rings (SSSR count). The molecule has 0 fully saturated rings. The first-order valence-corrected chi connectivity index (χ1v) is 9.08. The van der Waals surface area contributed by atoms with Gasteiger partial charge in [-0.15, -0.1) is 0 Å². The van der Waals surface area contributed by atoms with Gasteiger partial charge in [0.25, 0.3) is 10.2 Å². The van der Waals surface area contributed by atoms with Gasteiger partial charge in [0, 0.05) is 27.2 Å². The van der Waals surface area contributed by atoms with Crippen molar-refractivity contribution >= 4 is 10.2 Å². The number of nitrogens with zero attached hydrogens (tertiary/aromatic N) is 2. The maximum atomic E-state index is 12.7. The summed E-state index contributed by atoms with van der Waals surface area (Å²) in [6.45, 7) is 2.63. The molecule has 0 atom stereocenters. The van der Waals surface area contributed by atoms with E-state index < -0.39 is 10.2 Å². The maximum Gasteiger partial charge on any atom is 0.282 e. The standard InChI is InChI=1S/C18H24N2O3S/c1-15-8-10-16(11-9-15)13-19(2)24(21,22)20(3)14-17-6-5-7-18(12-17)23-4/h5-12H,13-14H2,1-4H3. The van der Waals surface area contributed by atoms with E-state index >= 15 is 0 Å². The van der Waals surface area contributed by atoms with Crippen LogP contribution in [-0.2, 0) is 23.3 Å². The Hall–Kier alpha value is -1.89. The monoisotopic (exact) mass is 348 g/mol. The van der Waals surface area contributed by atoms with Crippen LogP contribution in [0.5, 0.6) is 5.75 Å². The number of methoxy groups -OCH3 is 1. The summed E-state index contributed by atoms with van der Waals surface area (Å²) in [5.74, 6) is 0.714. The van der Waals surface area contributed by atoms with Crippen LogP contribution in [0.2, 0.25) is 0 Å². The lowest BCUT2D eigenvalue weighted by Gasteiger charge is -2.24. The molecule has 130 valence electrons. The van der Waals surface area contributed by atoms with E-state index in [0.717, 1.165) is 16.7 Å². The molecular weight excluding hydrogens is 324 g/mol. The van der Waals surface area contributed by atoms with E-state index in [-0.39, 0.29) is 6.54 Å². The Labute approximate surface area is 144 Å². The molecule has 0 aliphatic heterocycles. The fourth-order valence-corrected chi connectivity index (χ4v) is 3.48. The zero-order valence-corrected chi connectivity index (χ0v) is 15.4. The first-order chi connectivity index (χ1) is 11.3. The van der Waals surface area contributed by atoms with Crippen LogP contribution in [0.15, 0.2) is 48.5 Å². The summed E-state index contributed by atoms with van der Waals surface area (Å²) in [6, 6.07) is 15.3. The molecule has 0 aromatic heterocycles. The van der Waals surface area contributed by atoms with E-state index in [1.165, 1.54) is 8.61 Å². The van der Waals surface area contributed by atoms with Gasteiger partial charge >= 0.3 is 0 Å². The number of hydrogen-bond donors (Lipinski definition) is 0. The van der Waals surface area contributed by atoms with Crippen molar-refractivity contribution in [1.29, 1.82) is 0 Å². The molecule has 0 spiro atoms. The highest BCUT2D eigenvalue weighted by atomic mass is 32.2. The molecule has 2 aromatic carbocycles. The molecule has 0 amide bonds. The second-order valence-corrected chi connectivity index (χ2v) is 8.00. The van der Waals surface area contributed by atoms with Gasteiger partial charge in [0.1, 0.15) is 5.75 Å². The van der Waals surface area contributed by atoms with E-state index in [2.05, 4.69) is 0 Å². The number of ether oxygens (including phenoxy) is 1. The van der Waals surface area contributed by atoms with E-state index in [9.17, 15) is 8.42 Å². The van der Waals surface area contributed by atoms with Crippen molar-refractivity contribution in [3.8, 4) is 5.75 Å². The van der Waals surface area contributed by atoms with Gasteiger partial charge in [-0.2, -0.15) is 17.0 Å². The number of benzene rings is 2. The molecule has 0 saturated heterocycles. The largest absolute Gasteiger partial charge is 0.497 e. The molecule has 0 saturated carbocycles. The molecule has 0 N–H and O–H groups in total. The first kappa shape index (κ1) is 18.4. The Bertz CT molecular complexity index is 773. The second-order valence-electron chi connectivity index (χ2n) is 5.86. The summed E-state index contributed by atoms with van der Waals surface area (Å²) in [7, 11) is 1.23. The van der Waals surface area contributed by atoms with E-state index in [4.69, 9.17) is 4.74 Å². The summed E-state index contributed by atoms with van der Waals surface area (Å²) in [4.78, 5) is 0. The van der Waals surface area contributed by atoms with E-state index in [0.29, 0.717) is 12.3 Å². The normalized spacial score (nSPS) is 11.9. The summed E-state index contributed by atoms with van der Waals surface area (Å²) in [5, 5.41) is 0. The smallest absolute Gasteiger partial charge is 0.282 e. The van der Waals surface area contributed by atoms with Crippen molar-refractivity contribution < 1.29 is 13.2 Å². The van der Waals surface area contributed by atoms with Crippen molar-refractivity contribution in [1.82, 2.24) is 8.61 Å². The van der Waals surface area contributed by atoms with Crippen LogP contribution in [0.1, 0.15) is 16.7 Å². The lowest BCUT2D eigenvalue weighted by atomic mass is 10.1. The molecule has 2 aromatic rings. The van der Waals surface area contributed by atoms with Crippen LogP contribution in [-0.4, -0.2) is 38.2 Å². The highest BCUT2D eigenvalue weighted by Crippen LogP contribution is 2.17. The lowest BCUT2D eigenvalue weighted by Crippen LogP contribution is -2.38. The van der Waals surface area contributed by atoms with Gasteiger partial charge in [-0.3, -0.25) is 0 Å². The van der Waals surface area contributed by atoms with Gasteiger partial charge in [0.2, 0.25) is 0 Å². The topological polar surface area (TPSA) is 49.9 Å². The Balaban J connectivity index is 2.08. The van der Waals surface area contributed by atoms with Crippen molar-refractivity contribution in [3.63, 3.8) is 0 Å². The minimum atomic E-state index is -3.54. The van der Waals surface area contributed by atoms with Crippen molar-refractivity contribution in [3.05, 3.63) is 65.2 Å². The lowest BCUT2D eigenvalue weighted by molar-refractivity contribution is 0.384. The van der Waals surface area contributed by atoms with Gasteiger partial charge < -0.3 is 4.74 Å². The van der Waals surface area contributed by atoms with Gasteiger partial charge in [0.05, 0.1) is 7.11 Å². The summed E-state index contributed by atoms with van der Waals surface area (Å²) in [6.07, 6.45) is 0. The number of aryl methyl sites for hydroxylation is 1. The maximum absolute atomic E-state index is 12.7. The third-order valence-corrected chi connectivity index (χ3v) is 5.69. The Morgan fingerprint density at radius 2 is 1.50 bits per heavy atom. The molecule has 0 aliphatic carbocycles. The minimum Gasteiger partial charge on any atom is -0.497 e. The molecular formula is C18H24N2O3S. The Morgan fingerprint density at radius 1 is 0.917 bits per heavy atom. The SMILES string of the molecule is COc1cccc(CN(C)S(=O)(=O)N(C)Cc2ccc(C)cc2)c1. The van der Waals surface area contributed by atoms with Crippen LogP contribution < -0.4 is 4.74 Å². The van der Waals surface area contributed by atoms with E-state index in [1.807, 2.05) is 55.5 Å². The molecule has 0 bridgehead atoms. The van der Waals surface area contributed by atoms with Gasteiger partial charge in [0.15, 0.2) is 0 Å².